The Balaban J connectivity index is 2.00. The molecule has 3 aromatic rings. The number of tetrazole rings is 1. The third-order valence-corrected chi connectivity index (χ3v) is 3.31. The molecule has 0 saturated heterocycles. The summed E-state index contributed by atoms with van der Waals surface area (Å²) in [6.07, 6.45) is 0. The van der Waals surface area contributed by atoms with E-state index >= 15 is 0 Å². The van der Waals surface area contributed by atoms with Crippen LogP contribution in [0.5, 0.6) is 0 Å². The molecule has 0 atom stereocenters. The lowest BCUT2D eigenvalue weighted by atomic mass is 10.1. The smallest absolute Gasteiger partial charge is 0.184 e. The normalized spacial score (nSPS) is 10.8. The Labute approximate surface area is 121 Å². The third kappa shape index (κ3) is 2.60. The number of hydrogen-bond donors (Lipinski definition) is 1. The van der Waals surface area contributed by atoms with Crippen LogP contribution in [-0.4, -0.2) is 20.2 Å². The minimum atomic E-state index is -0.265. The van der Waals surface area contributed by atoms with E-state index in [0.717, 1.165) is 16.7 Å². The lowest BCUT2D eigenvalue weighted by Crippen LogP contribution is -2.06. The molecular weight excluding hydrogens is 269 g/mol. The zero-order valence-corrected chi connectivity index (χ0v) is 11.5. The molecule has 106 valence electrons. The molecule has 0 aliphatic rings. The lowest BCUT2D eigenvalue weighted by Gasteiger charge is -2.09. The molecule has 0 radical (unpaired) electrons. The monoisotopic (exact) mass is 283 g/mol. The summed E-state index contributed by atoms with van der Waals surface area (Å²) in [4.78, 5) is 0. The van der Waals surface area contributed by atoms with Crippen LogP contribution in [0.15, 0.2) is 42.5 Å². The van der Waals surface area contributed by atoms with Crippen molar-refractivity contribution in [1.82, 2.24) is 20.2 Å². The van der Waals surface area contributed by atoms with Crippen molar-refractivity contribution in [2.24, 2.45) is 0 Å². The number of hydrogen-bond acceptors (Lipinski definition) is 4. The van der Waals surface area contributed by atoms with Gasteiger partial charge in [-0.3, -0.25) is 0 Å². The first-order valence-corrected chi connectivity index (χ1v) is 6.51. The first kappa shape index (κ1) is 13.2. The van der Waals surface area contributed by atoms with Crippen LogP contribution in [-0.2, 0) is 6.54 Å². The molecule has 1 heterocycles. The summed E-state index contributed by atoms with van der Waals surface area (Å²) >= 11 is 0. The van der Waals surface area contributed by atoms with Gasteiger partial charge in [0, 0.05) is 11.3 Å². The second-order valence-corrected chi connectivity index (χ2v) is 4.83. The fourth-order valence-corrected chi connectivity index (χ4v) is 2.25. The van der Waals surface area contributed by atoms with Crippen molar-refractivity contribution in [3.05, 3.63) is 59.4 Å². The van der Waals surface area contributed by atoms with Crippen LogP contribution in [0.1, 0.15) is 11.1 Å². The average Bonchev–Trinajstić information content (AvgIpc) is 2.89. The van der Waals surface area contributed by atoms with E-state index < -0.39 is 0 Å². The van der Waals surface area contributed by atoms with E-state index in [2.05, 4.69) is 15.5 Å². The average molecular weight is 283 g/mol. The van der Waals surface area contributed by atoms with Crippen LogP contribution in [0, 0.1) is 12.7 Å². The number of anilines is 1. The Hall–Kier alpha value is -2.76. The van der Waals surface area contributed by atoms with E-state index in [9.17, 15) is 4.39 Å². The molecule has 0 spiro atoms. The first-order valence-electron chi connectivity index (χ1n) is 6.51. The van der Waals surface area contributed by atoms with Gasteiger partial charge in [0.1, 0.15) is 5.82 Å². The fourth-order valence-electron chi connectivity index (χ4n) is 2.25. The number of aryl methyl sites for hydroxylation is 1. The zero-order chi connectivity index (χ0) is 14.8. The molecule has 0 bridgehead atoms. The van der Waals surface area contributed by atoms with Crippen molar-refractivity contribution < 1.29 is 4.39 Å². The van der Waals surface area contributed by atoms with Gasteiger partial charge < -0.3 is 5.73 Å². The molecule has 0 saturated carbocycles. The summed E-state index contributed by atoms with van der Waals surface area (Å²) in [7, 11) is 0. The first-order chi connectivity index (χ1) is 10.1. The molecule has 0 aliphatic heterocycles. The second kappa shape index (κ2) is 5.32. The highest BCUT2D eigenvalue weighted by Gasteiger charge is 2.14. The summed E-state index contributed by atoms with van der Waals surface area (Å²) in [5, 5.41) is 11.8. The van der Waals surface area contributed by atoms with Crippen LogP contribution < -0.4 is 5.73 Å². The second-order valence-electron chi connectivity index (χ2n) is 4.83. The maximum Gasteiger partial charge on any atom is 0.184 e. The number of nitrogens with two attached hydrogens (primary N) is 1. The van der Waals surface area contributed by atoms with Gasteiger partial charge in [-0.1, -0.05) is 24.3 Å². The van der Waals surface area contributed by atoms with Gasteiger partial charge in [0.25, 0.3) is 0 Å². The van der Waals surface area contributed by atoms with Gasteiger partial charge in [-0.25, -0.2) is 9.07 Å². The van der Waals surface area contributed by atoms with E-state index in [-0.39, 0.29) is 5.82 Å². The van der Waals surface area contributed by atoms with Gasteiger partial charge in [0.2, 0.25) is 0 Å². The van der Waals surface area contributed by atoms with Crippen LogP contribution in [0.2, 0.25) is 0 Å². The highest BCUT2D eigenvalue weighted by molar-refractivity contribution is 5.74. The van der Waals surface area contributed by atoms with Gasteiger partial charge in [0.15, 0.2) is 5.82 Å². The SMILES string of the molecule is Cc1cccc(N)c1-c1nnnn1Cc1ccc(F)cc1. The fraction of sp³-hybridized carbons (Fsp3) is 0.133. The van der Waals surface area contributed by atoms with E-state index in [1.165, 1.54) is 12.1 Å². The Morgan fingerprint density at radius 3 is 2.62 bits per heavy atom. The standard InChI is InChI=1S/C15H14FN5/c1-10-3-2-4-13(17)14(10)15-18-19-20-21(15)9-11-5-7-12(16)8-6-11/h2-8H,9,17H2,1H3. The molecule has 1 aromatic heterocycles. The molecule has 3 rings (SSSR count). The predicted octanol–water partition coefficient (Wildman–Crippen LogP) is 2.42. The summed E-state index contributed by atoms with van der Waals surface area (Å²) < 4.78 is 14.6. The van der Waals surface area contributed by atoms with Crippen molar-refractivity contribution in [2.75, 3.05) is 5.73 Å². The molecule has 5 nitrogen and oxygen atoms in total. The highest BCUT2D eigenvalue weighted by atomic mass is 19.1. The Kier molecular flexibility index (Phi) is 3.35. The molecule has 0 unspecified atom stereocenters. The van der Waals surface area contributed by atoms with Gasteiger partial charge >= 0.3 is 0 Å². The van der Waals surface area contributed by atoms with Crippen LogP contribution in [0.3, 0.4) is 0 Å². The Morgan fingerprint density at radius 1 is 1.14 bits per heavy atom. The largest absolute Gasteiger partial charge is 0.398 e. The minimum Gasteiger partial charge on any atom is -0.398 e. The van der Waals surface area contributed by atoms with Crippen LogP contribution >= 0.6 is 0 Å². The van der Waals surface area contributed by atoms with Crippen molar-refractivity contribution in [1.29, 1.82) is 0 Å². The molecule has 2 N–H and O–H groups in total. The van der Waals surface area contributed by atoms with Gasteiger partial charge in [-0.05, 0) is 46.7 Å². The molecule has 21 heavy (non-hydrogen) atoms. The minimum absolute atomic E-state index is 0.265. The number of rotatable bonds is 3. The van der Waals surface area contributed by atoms with Gasteiger partial charge in [-0.15, -0.1) is 5.10 Å². The third-order valence-electron chi connectivity index (χ3n) is 3.31. The van der Waals surface area contributed by atoms with E-state index in [1.807, 2.05) is 25.1 Å². The zero-order valence-electron chi connectivity index (χ0n) is 11.5. The molecule has 0 fully saturated rings. The highest BCUT2D eigenvalue weighted by Crippen LogP contribution is 2.27. The Morgan fingerprint density at radius 2 is 1.90 bits per heavy atom. The molecule has 2 aromatic carbocycles. The van der Waals surface area contributed by atoms with Crippen molar-refractivity contribution in [3.63, 3.8) is 0 Å². The van der Waals surface area contributed by atoms with Crippen LogP contribution in [0.25, 0.3) is 11.4 Å². The molecule has 0 aliphatic carbocycles. The lowest BCUT2D eigenvalue weighted by molar-refractivity contribution is 0.622. The maximum absolute atomic E-state index is 13.0. The van der Waals surface area contributed by atoms with Crippen molar-refractivity contribution >= 4 is 5.69 Å². The topological polar surface area (TPSA) is 69.6 Å². The van der Waals surface area contributed by atoms with E-state index in [0.29, 0.717) is 18.1 Å². The Bertz CT molecular complexity index is 744. The number of halogens is 1. The number of benzene rings is 2. The molecule has 6 heteroatoms. The number of aromatic nitrogens is 4. The summed E-state index contributed by atoms with van der Waals surface area (Å²) in [5.41, 5.74) is 9.41. The predicted molar refractivity (Wildman–Crippen MR) is 77.9 cm³/mol. The molecular formula is C15H14FN5. The number of nitrogen functional groups attached to an aromatic ring is 1. The van der Waals surface area contributed by atoms with Crippen molar-refractivity contribution in [3.8, 4) is 11.4 Å². The van der Waals surface area contributed by atoms with Crippen molar-refractivity contribution in [2.45, 2.75) is 13.5 Å². The van der Waals surface area contributed by atoms with Gasteiger partial charge in [-0.2, -0.15) is 0 Å². The summed E-state index contributed by atoms with van der Waals surface area (Å²) in [5.74, 6) is 0.341. The summed E-state index contributed by atoms with van der Waals surface area (Å²) in [6, 6.07) is 11.9. The number of nitrogens with zero attached hydrogens (tertiary/aromatic N) is 4. The maximum atomic E-state index is 13.0. The molecule has 0 amide bonds. The quantitative estimate of drug-likeness (QED) is 0.749. The summed E-state index contributed by atoms with van der Waals surface area (Å²) in [6.45, 7) is 2.42. The van der Waals surface area contributed by atoms with Crippen LogP contribution in [0.4, 0.5) is 10.1 Å². The van der Waals surface area contributed by atoms with E-state index in [1.54, 1.807) is 16.8 Å². The van der Waals surface area contributed by atoms with E-state index in [4.69, 9.17) is 5.73 Å². The van der Waals surface area contributed by atoms with Gasteiger partial charge in [0.05, 0.1) is 6.54 Å².